The fourth-order valence-corrected chi connectivity index (χ4v) is 3.64. The molecule has 1 aliphatic heterocycles. The Morgan fingerprint density at radius 1 is 1.16 bits per heavy atom. The minimum absolute atomic E-state index is 0. The summed E-state index contributed by atoms with van der Waals surface area (Å²) in [5.41, 5.74) is 2.40. The van der Waals surface area contributed by atoms with Gasteiger partial charge in [-0.25, -0.2) is 9.37 Å². The third kappa shape index (κ3) is 4.79. The van der Waals surface area contributed by atoms with Crippen LogP contribution in [0.1, 0.15) is 12.1 Å². The first kappa shape index (κ1) is 21.9. The lowest BCUT2D eigenvalue weighted by atomic mass is 10.2. The second-order valence-corrected chi connectivity index (χ2v) is 7.50. The number of aromatic nitrogens is 3. The molecule has 1 saturated heterocycles. The number of H-pyrrole nitrogens is 1. The first-order valence-corrected chi connectivity index (χ1v) is 10.2. The van der Waals surface area contributed by atoms with Gasteiger partial charge in [-0.3, -0.25) is 0 Å². The van der Waals surface area contributed by atoms with Gasteiger partial charge in [-0.05, 0) is 50.2 Å². The monoisotopic (exact) mass is 453 g/mol. The maximum Gasteiger partial charge on any atom is 0.230 e. The number of rotatable bonds is 6. The Balaban J connectivity index is 0.00000245. The second-order valence-electron chi connectivity index (χ2n) is 7.50. The van der Waals surface area contributed by atoms with Crippen LogP contribution in [0.15, 0.2) is 54.7 Å². The van der Waals surface area contributed by atoms with Gasteiger partial charge in [-0.2, -0.15) is 18.5 Å². The van der Waals surface area contributed by atoms with Gasteiger partial charge in [0.25, 0.3) is 0 Å². The van der Waals surface area contributed by atoms with Gasteiger partial charge in [0.15, 0.2) is 11.6 Å². The molecule has 0 bridgehead atoms. The molecule has 2 aromatic heterocycles. The Morgan fingerprint density at radius 3 is 2.91 bits per heavy atom. The molecule has 2 aromatic carbocycles. The van der Waals surface area contributed by atoms with Crippen molar-refractivity contribution in [1.29, 1.82) is 0 Å². The van der Waals surface area contributed by atoms with E-state index in [-0.39, 0.29) is 31.2 Å². The Morgan fingerprint density at radius 2 is 2.06 bits per heavy atom. The van der Waals surface area contributed by atoms with E-state index in [0.29, 0.717) is 11.3 Å². The zero-order chi connectivity index (χ0) is 21.2. The fraction of sp³-hybridized carbons (Fsp3) is 0.217. The maximum atomic E-state index is 14.8. The molecule has 1 atom stereocenters. The lowest BCUT2D eigenvalue weighted by molar-refractivity contribution is 0.223. The number of nitrogens with zero attached hydrogens (tertiary/aromatic N) is 2. The van der Waals surface area contributed by atoms with Crippen molar-refractivity contribution in [2.75, 3.05) is 18.4 Å². The zero-order valence-corrected chi connectivity index (χ0v) is 18.5. The van der Waals surface area contributed by atoms with Gasteiger partial charge in [0, 0.05) is 47.2 Å². The van der Waals surface area contributed by atoms with Gasteiger partial charge in [0.2, 0.25) is 11.8 Å². The molecule has 0 amide bonds. The molecule has 5 rings (SSSR count). The van der Waals surface area contributed by atoms with Gasteiger partial charge in [-0.1, -0.05) is 6.07 Å². The van der Waals surface area contributed by atoms with Crippen LogP contribution in [-0.2, 0) is 0 Å². The number of hydrogen-bond acceptors (Lipinski definition) is 6. The van der Waals surface area contributed by atoms with Crippen LogP contribution in [0, 0.1) is 12.7 Å². The van der Waals surface area contributed by atoms with Gasteiger partial charge >= 0.3 is 0 Å². The lowest BCUT2D eigenvalue weighted by Gasteiger charge is -2.14. The highest BCUT2D eigenvalue weighted by atomic mass is 32.1. The van der Waals surface area contributed by atoms with Crippen LogP contribution in [0.2, 0.25) is 0 Å². The molecular weight excluding hydrogens is 429 g/mol. The molecule has 9 heteroatoms. The Hall–Kier alpha value is -3.30. The van der Waals surface area contributed by atoms with Crippen molar-refractivity contribution in [3.8, 4) is 17.4 Å². The number of nitrogens with one attached hydrogen (secondary N) is 3. The zero-order valence-electron chi connectivity index (χ0n) is 17.5. The molecule has 4 aromatic rings. The lowest BCUT2D eigenvalue weighted by Crippen LogP contribution is -2.19. The van der Waals surface area contributed by atoms with Crippen molar-refractivity contribution < 1.29 is 13.9 Å². The predicted molar refractivity (Wildman–Crippen MR) is 127 cm³/mol. The Bertz CT molecular complexity index is 1230. The van der Waals surface area contributed by atoms with E-state index in [1.807, 2.05) is 31.2 Å². The number of benzene rings is 2. The quantitative estimate of drug-likeness (QED) is 0.389. The number of aryl methyl sites for hydroxylation is 1. The van der Waals surface area contributed by atoms with Crippen LogP contribution in [-0.4, -0.2) is 34.1 Å². The van der Waals surface area contributed by atoms with Crippen molar-refractivity contribution in [1.82, 2.24) is 20.3 Å². The van der Waals surface area contributed by atoms with Crippen molar-refractivity contribution in [3.63, 3.8) is 0 Å². The van der Waals surface area contributed by atoms with Crippen molar-refractivity contribution in [3.05, 3.63) is 66.2 Å². The fourth-order valence-electron chi connectivity index (χ4n) is 3.64. The van der Waals surface area contributed by atoms with E-state index in [1.165, 1.54) is 0 Å². The largest absolute Gasteiger partial charge is 0.489 e. The van der Waals surface area contributed by atoms with Crippen molar-refractivity contribution in [2.45, 2.75) is 19.4 Å². The van der Waals surface area contributed by atoms with Crippen LogP contribution in [0.5, 0.6) is 17.4 Å². The summed E-state index contributed by atoms with van der Waals surface area (Å²) in [4.78, 5) is 11.7. The maximum absolute atomic E-state index is 14.8. The topological polar surface area (TPSA) is 84.1 Å². The highest BCUT2D eigenvalue weighted by Gasteiger charge is 2.16. The molecule has 3 N–H and O–H groups in total. The average Bonchev–Trinajstić information content (AvgIpc) is 3.40. The third-order valence-electron chi connectivity index (χ3n) is 5.09. The smallest absolute Gasteiger partial charge is 0.230 e. The average molecular weight is 454 g/mol. The van der Waals surface area contributed by atoms with Crippen LogP contribution < -0.4 is 20.1 Å². The van der Waals surface area contributed by atoms with Crippen LogP contribution >= 0.6 is 13.5 Å². The standard InChI is InChI=1S/C23H22FN5O2.H2S/c1-14-11-18-19(27-14)5-6-20(22(18)24)31-21-8-10-26-23(29-21)28-15-3-2-4-16(12-15)30-17-7-9-25-13-17;/h2-6,8,10-12,17,25,27H,7,9,13H2,1H3,(H,26,28,29);1H2/t17-;/m0./s1. The first-order chi connectivity index (χ1) is 15.1. The van der Waals surface area contributed by atoms with E-state index in [4.69, 9.17) is 9.47 Å². The highest BCUT2D eigenvalue weighted by Crippen LogP contribution is 2.30. The van der Waals surface area contributed by atoms with Crippen LogP contribution in [0.3, 0.4) is 0 Å². The molecule has 7 nitrogen and oxygen atoms in total. The number of anilines is 2. The normalized spacial score (nSPS) is 15.4. The molecular formula is C23H24FN5O2S. The molecule has 1 fully saturated rings. The summed E-state index contributed by atoms with van der Waals surface area (Å²) < 4.78 is 26.5. The molecule has 32 heavy (non-hydrogen) atoms. The van der Waals surface area contributed by atoms with Gasteiger partial charge in [-0.15, -0.1) is 0 Å². The number of ether oxygens (including phenoxy) is 2. The minimum atomic E-state index is -0.429. The Kier molecular flexibility index (Phi) is 6.48. The van der Waals surface area contributed by atoms with Crippen LogP contribution in [0.4, 0.5) is 16.0 Å². The number of hydrogen-bond donors (Lipinski definition) is 3. The summed E-state index contributed by atoms with van der Waals surface area (Å²) >= 11 is 0. The SMILES string of the molecule is Cc1cc2c(F)c(Oc3ccnc(Nc4cccc(O[C@H]5CCNC5)c4)n3)ccc2[nH]1.S. The Labute approximate surface area is 191 Å². The second kappa shape index (κ2) is 9.46. The van der Waals surface area contributed by atoms with Gasteiger partial charge in [0.05, 0.1) is 0 Å². The van der Waals surface area contributed by atoms with E-state index in [2.05, 4.69) is 25.6 Å². The van der Waals surface area contributed by atoms with E-state index >= 15 is 0 Å². The molecule has 166 valence electrons. The summed E-state index contributed by atoms with van der Waals surface area (Å²) in [6.45, 7) is 3.71. The summed E-state index contributed by atoms with van der Waals surface area (Å²) in [5.74, 6) is 1.05. The van der Waals surface area contributed by atoms with Crippen molar-refractivity contribution in [2.24, 2.45) is 0 Å². The molecule has 0 spiro atoms. The number of aromatic amines is 1. The molecule has 0 saturated carbocycles. The third-order valence-corrected chi connectivity index (χ3v) is 5.09. The van der Waals surface area contributed by atoms with Gasteiger partial charge < -0.3 is 25.1 Å². The number of fused-ring (bicyclic) bond motifs is 1. The molecule has 0 unspecified atom stereocenters. The van der Waals surface area contributed by atoms with E-state index in [0.717, 1.165) is 42.2 Å². The highest BCUT2D eigenvalue weighted by molar-refractivity contribution is 7.59. The summed E-state index contributed by atoms with van der Waals surface area (Å²) in [6.07, 6.45) is 2.73. The predicted octanol–water partition coefficient (Wildman–Crippen LogP) is 4.79. The first-order valence-electron chi connectivity index (χ1n) is 10.2. The van der Waals surface area contributed by atoms with Gasteiger partial charge in [0.1, 0.15) is 11.9 Å². The van der Waals surface area contributed by atoms with E-state index in [9.17, 15) is 4.39 Å². The van der Waals surface area contributed by atoms with E-state index in [1.54, 1.807) is 30.5 Å². The molecule has 3 heterocycles. The van der Waals surface area contributed by atoms with E-state index < -0.39 is 5.82 Å². The van der Waals surface area contributed by atoms with Crippen molar-refractivity contribution >= 4 is 36.0 Å². The minimum Gasteiger partial charge on any atom is -0.489 e. The summed E-state index contributed by atoms with van der Waals surface area (Å²) in [7, 11) is 0. The van der Waals surface area contributed by atoms with Crippen LogP contribution in [0.25, 0.3) is 10.9 Å². The summed E-state index contributed by atoms with van der Waals surface area (Å²) in [6, 6.07) is 14.3. The number of halogens is 1. The molecule has 1 aliphatic rings. The summed E-state index contributed by atoms with van der Waals surface area (Å²) in [5, 5.41) is 6.91. The molecule has 0 aliphatic carbocycles. The molecule has 0 radical (unpaired) electrons.